The number of carbonyl (C=O) groups excluding carboxylic acids is 1. The van der Waals surface area contributed by atoms with Crippen molar-refractivity contribution in [2.45, 2.75) is 0 Å². The highest BCUT2D eigenvalue weighted by Gasteiger charge is 2.16. The van der Waals surface area contributed by atoms with Gasteiger partial charge >= 0.3 is 0 Å². The molecule has 7 heteroatoms. The molecule has 3 aromatic rings. The second-order valence-electron chi connectivity index (χ2n) is 5.74. The van der Waals surface area contributed by atoms with E-state index in [1.807, 2.05) is 12.1 Å². The molecule has 0 saturated carbocycles. The lowest BCUT2D eigenvalue weighted by molar-refractivity contribution is 0.102. The van der Waals surface area contributed by atoms with Crippen LogP contribution < -0.4 is 10.2 Å². The zero-order valence-corrected chi connectivity index (χ0v) is 14.2. The first kappa shape index (κ1) is 16.0. The summed E-state index contributed by atoms with van der Waals surface area (Å²) < 4.78 is 19.6. The van der Waals surface area contributed by atoms with E-state index in [-0.39, 0.29) is 11.7 Å². The van der Waals surface area contributed by atoms with Crippen molar-refractivity contribution in [2.75, 3.05) is 36.5 Å². The number of ether oxygens (including phenoxy) is 1. The van der Waals surface area contributed by atoms with E-state index in [0.29, 0.717) is 24.5 Å². The number of hydrogen-bond acceptors (Lipinski definition) is 5. The molecule has 1 aromatic heterocycles. The van der Waals surface area contributed by atoms with Gasteiger partial charge in [-0.3, -0.25) is 4.79 Å². The molecule has 0 unspecified atom stereocenters. The van der Waals surface area contributed by atoms with E-state index in [4.69, 9.17) is 4.74 Å². The van der Waals surface area contributed by atoms with Crippen molar-refractivity contribution in [1.82, 2.24) is 4.98 Å². The zero-order chi connectivity index (χ0) is 17.2. The Labute approximate surface area is 148 Å². The van der Waals surface area contributed by atoms with Crippen LogP contribution in [0.15, 0.2) is 42.5 Å². The number of amides is 1. The van der Waals surface area contributed by atoms with E-state index >= 15 is 0 Å². The van der Waals surface area contributed by atoms with Crippen LogP contribution in [0.5, 0.6) is 0 Å². The highest BCUT2D eigenvalue weighted by atomic mass is 32.1. The summed E-state index contributed by atoms with van der Waals surface area (Å²) in [4.78, 5) is 19.2. The molecule has 0 aliphatic carbocycles. The monoisotopic (exact) mass is 357 g/mol. The molecule has 25 heavy (non-hydrogen) atoms. The van der Waals surface area contributed by atoms with Crippen LogP contribution in [-0.2, 0) is 4.74 Å². The van der Waals surface area contributed by atoms with Gasteiger partial charge in [0.2, 0.25) is 0 Å². The number of morpholine rings is 1. The van der Waals surface area contributed by atoms with E-state index in [1.165, 1.54) is 12.1 Å². The van der Waals surface area contributed by atoms with E-state index < -0.39 is 0 Å². The minimum Gasteiger partial charge on any atom is -0.378 e. The Hall–Kier alpha value is -2.51. The number of halogens is 1. The molecular weight excluding hydrogens is 341 g/mol. The van der Waals surface area contributed by atoms with E-state index in [2.05, 4.69) is 15.2 Å². The maximum absolute atomic E-state index is 13.2. The number of nitrogens with one attached hydrogen (secondary N) is 1. The molecule has 0 bridgehead atoms. The lowest BCUT2D eigenvalue weighted by Gasteiger charge is -2.25. The van der Waals surface area contributed by atoms with Crippen LogP contribution in [0.2, 0.25) is 0 Å². The summed E-state index contributed by atoms with van der Waals surface area (Å²) in [6.07, 6.45) is 0. The van der Waals surface area contributed by atoms with Crippen molar-refractivity contribution in [2.24, 2.45) is 0 Å². The molecule has 0 atom stereocenters. The molecule has 1 fully saturated rings. The lowest BCUT2D eigenvalue weighted by Crippen LogP contribution is -2.36. The Morgan fingerprint density at radius 2 is 2.04 bits per heavy atom. The molecule has 1 aliphatic heterocycles. The predicted octanol–water partition coefficient (Wildman–Crippen LogP) is 3.52. The maximum Gasteiger partial charge on any atom is 0.255 e. The van der Waals surface area contributed by atoms with Gasteiger partial charge in [-0.15, -0.1) is 0 Å². The SMILES string of the molecule is O=C(Nc1cccc(F)c1)c1ccc2nc(N3CCOCC3)sc2c1. The highest BCUT2D eigenvalue weighted by molar-refractivity contribution is 7.22. The van der Waals surface area contributed by atoms with Crippen molar-refractivity contribution in [1.29, 1.82) is 0 Å². The summed E-state index contributed by atoms with van der Waals surface area (Å²) >= 11 is 1.56. The number of hydrogen-bond donors (Lipinski definition) is 1. The zero-order valence-electron chi connectivity index (χ0n) is 13.4. The third-order valence-corrected chi connectivity index (χ3v) is 5.08. The number of aromatic nitrogens is 1. The summed E-state index contributed by atoms with van der Waals surface area (Å²) in [5, 5.41) is 3.66. The first-order valence-electron chi connectivity index (χ1n) is 7.99. The second kappa shape index (κ2) is 6.78. The first-order valence-corrected chi connectivity index (χ1v) is 8.81. The molecule has 2 heterocycles. The minimum atomic E-state index is -0.383. The van der Waals surface area contributed by atoms with Gasteiger partial charge < -0.3 is 15.0 Å². The number of anilines is 2. The number of nitrogens with zero attached hydrogens (tertiary/aromatic N) is 2. The predicted molar refractivity (Wildman–Crippen MR) is 97.0 cm³/mol. The van der Waals surface area contributed by atoms with Crippen molar-refractivity contribution < 1.29 is 13.9 Å². The summed E-state index contributed by atoms with van der Waals surface area (Å²) in [5.41, 5.74) is 1.83. The van der Waals surface area contributed by atoms with Gasteiger partial charge in [-0.25, -0.2) is 9.37 Å². The summed E-state index contributed by atoms with van der Waals surface area (Å²) in [5.74, 6) is -0.653. The van der Waals surface area contributed by atoms with E-state index in [1.54, 1.807) is 29.5 Å². The molecule has 1 aliphatic rings. The Morgan fingerprint density at radius 3 is 2.84 bits per heavy atom. The molecule has 4 rings (SSSR count). The van der Waals surface area contributed by atoms with E-state index in [0.717, 1.165) is 28.4 Å². The molecule has 2 aromatic carbocycles. The normalized spacial score (nSPS) is 14.7. The van der Waals surface area contributed by atoms with Gasteiger partial charge in [-0.2, -0.15) is 0 Å². The number of thiazole rings is 1. The molecular formula is C18H16FN3O2S. The number of fused-ring (bicyclic) bond motifs is 1. The van der Waals surface area contributed by atoms with Crippen LogP contribution in [-0.4, -0.2) is 37.2 Å². The minimum absolute atomic E-state index is 0.270. The van der Waals surface area contributed by atoms with Crippen LogP contribution >= 0.6 is 11.3 Å². The lowest BCUT2D eigenvalue weighted by atomic mass is 10.2. The molecule has 0 radical (unpaired) electrons. The van der Waals surface area contributed by atoms with Crippen LogP contribution in [0, 0.1) is 5.82 Å². The van der Waals surface area contributed by atoms with Gasteiger partial charge in [0, 0.05) is 24.3 Å². The second-order valence-corrected chi connectivity index (χ2v) is 6.75. The van der Waals surface area contributed by atoms with Gasteiger partial charge in [-0.1, -0.05) is 17.4 Å². The fraction of sp³-hybridized carbons (Fsp3) is 0.222. The Balaban J connectivity index is 1.56. The number of carbonyl (C=O) groups is 1. The van der Waals surface area contributed by atoms with Crippen LogP contribution in [0.1, 0.15) is 10.4 Å². The third kappa shape index (κ3) is 3.47. The molecule has 1 saturated heterocycles. The Morgan fingerprint density at radius 1 is 1.20 bits per heavy atom. The van der Waals surface area contributed by atoms with Gasteiger partial charge in [0.25, 0.3) is 5.91 Å². The molecule has 1 amide bonds. The Bertz CT molecular complexity index is 922. The van der Waals surface area contributed by atoms with Gasteiger partial charge in [-0.05, 0) is 36.4 Å². The fourth-order valence-electron chi connectivity index (χ4n) is 2.71. The average molecular weight is 357 g/mol. The molecule has 1 N–H and O–H groups in total. The summed E-state index contributed by atoms with van der Waals surface area (Å²) in [6, 6.07) is 11.3. The van der Waals surface area contributed by atoms with Crippen molar-refractivity contribution in [3.05, 3.63) is 53.8 Å². The fourth-order valence-corrected chi connectivity index (χ4v) is 3.77. The molecule has 128 valence electrons. The molecule has 5 nitrogen and oxygen atoms in total. The largest absolute Gasteiger partial charge is 0.378 e. The van der Waals surface area contributed by atoms with Crippen LogP contribution in [0.3, 0.4) is 0 Å². The van der Waals surface area contributed by atoms with Gasteiger partial charge in [0.1, 0.15) is 5.82 Å². The van der Waals surface area contributed by atoms with Gasteiger partial charge in [0.15, 0.2) is 5.13 Å². The summed E-state index contributed by atoms with van der Waals surface area (Å²) in [6.45, 7) is 3.06. The first-order chi connectivity index (χ1) is 12.2. The molecule has 0 spiro atoms. The topological polar surface area (TPSA) is 54.5 Å². The van der Waals surface area contributed by atoms with E-state index in [9.17, 15) is 9.18 Å². The van der Waals surface area contributed by atoms with Crippen LogP contribution in [0.25, 0.3) is 10.2 Å². The van der Waals surface area contributed by atoms with Crippen LogP contribution in [0.4, 0.5) is 15.2 Å². The van der Waals surface area contributed by atoms with Gasteiger partial charge in [0.05, 0.1) is 23.4 Å². The highest BCUT2D eigenvalue weighted by Crippen LogP contribution is 2.30. The summed E-state index contributed by atoms with van der Waals surface area (Å²) in [7, 11) is 0. The standard InChI is InChI=1S/C18H16FN3O2S/c19-13-2-1-3-14(11-13)20-17(23)12-4-5-15-16(10-12)25-18(21-15)22-6-8-24-9-7-22/h1-5,10-11H,6-9H2,(H,20,23). The number of benzene rings is 2. The maximum atomic E-state index is 13.2. The van der Waals surface area contributed by atoms with Crippen molar-refractivity contribution in [3.8, 4) is 0 Å². The quantitative estimate of drug-likeness (QED) is 0.779. The third-order valence-electron chi connectivity index (χ3n) is 4.00. The van der Waals surface area contributed by atoms with Crippen molar-refractivity contribution in [3.63, 3.8) is 0 Å². The number of rotatable bonds is 3. The Kier molecular flexibility index (Phi) is 4.33. The van der Waals surface area contributed by atoms with Crippen molar-refractivity contribution >= 4 is 38.3 Å². The average Bonchev–Trinajstić information content (AvgIpc) is 3.06. The smallest absolute Gasteiger partial charge is 0.255 e.